The predicted octanol–water partition coefficient (Wildman–Crippen LogP) is 0.0430. The minimum Gasteiger partial charge on any atom is -0.496 e. The van der Waals surface area contributed by atoms with Crippen LogP contribution in [0.15, 0.2) is 24.3 Å². The number of benzene rings is 1. The van der Waals surface area contributed by atoms with Crippen LogP contribution < -0.4 is 10.1 Å². The molecule has 0 aromatic heterocycles. The predicted molar refractivity (Wildman–Crippen MR) is 88.5 cm³/mol. The zero-order valence-corrected chi connectivity index (χ0v) is 14.2. The van der Waals surface area contributed by atoms with Crippen molar-refractivity contribution in [3.05, 3.63) is 29.8 Å². The van der Waals surface area contributed by atoms with E-state index in [4.69, 9.17) is 4.74 Å². The van der Waals surface area contributed by atoms with E-state index in [-0.39, 0.29) is 30.7 Å². The Morgan fingerprint density at radius 1 is 1.25 bits per heavy atom. The molecule has 1 aliphatic heterocycles. The van der Waals surface area contributed by atoms with Gasteiger partial charge in [-0.3, -0.25) is 14.4 Å². The van der Waals surface area contributed by atoms with Gasteiger partial charge in [-0.1, -0.05) is 18.2 Å². The lowest BCUT2D eigenvalue weighted by Gasteiger charge is -2.40. The Hall–Kier alpha value is -2.57. The Bertz CT molecular complexity index is 632. The Morgan fingerprint density at radius 3 is 2.58 bits per heavy atom. The van der Waals surface area contributed by atoms with Crippen LogP contribution in [-0.4, -0.2) is 67.4 Å². The molecule has 1 fully saturated rings. The number of carbonyl (C=O) groups excluding carboxylic acids is 3. The molecule has 0 aliphatic carbocycles. The third-order valence-electron chi connectivity index (χ3n) is 4.23. The van der Waals surface area contributed by atoms with Gasteiger partial charge in [0.1, 0.15) is 11.8 Å². The first-order chi connectivity index (χ1) is 11.5. The van der Waals surface area contributed by atoms with Gasteiger partial charge in [-0.2, -0.15) is 0 Å². The van der Waals surface area contributed by atoms with E-state index in [0.717, 1.165) is 5.56 Å². The second-order valence-electron chi connectivity index (χ2n) is 5.67. The number of nitrogens with one attached hydrogen (secondary N) is 1. The molecule has 0 radical (unpaired) electrons. The minimum atomic E-state index is -0.671. The minimum absolute atomic E-state index is 0.0965. The van der Waals surface area contributed by atoms with Crippen molar-refractivity contribution in [2.75, 3.05) is 33.8 Å². The molecule has 1 aliphatic rings. The summed E-state index contributed by atoms with van der Waals surface area (Å²) in [6.45, 7) is 2.45. The third kappa shape index (κ3) is 3.84. The van der Waals surface area contributed by atoms with Crippen molar-refractivity contribution >= 4 is 17.7 Å². The lowest BCUT2D eigenvalue weighted by Crippen LogP contribution is -2.61. The molecule has 1 aromatic carbocycles. The van der Waals surface area contributed by atoms with Gasteiger partial charge in [0.25, 0.3) is 0 Å². The number of ether oxygens (including phenoxy) is 1. The molecule has 0 unspecified atom stereocenters. The van der Waals surface area contributed by atoms with Crippen LogP contribution in [0.3, 0.4) is 0 Å². The molecule has 7 heteroatoms. The van der Waals surface area contributed by atoms with Crippen molar-refractivity contribution in [3.8, 4) is 5.75 Å². The number of hydrogen-bond acceptors (Lipinski definition) is 4. The fourth-order valence-corrected chi connectivity index (χ4v) is 2.87. The average Bonchev–Trinajstić information content (AvgIpc) is 2.60. The fourth-order valence-electron chi connectivity index (χ4n) is 2.87. The standard InChI is InChI=1S/C17H23N3O4/c1-12(21)19-8-9-20(14(11-19)17(23)18-2)16(22)10-13-6-4-5-7-15(13)24-3/h4-7,14H,8-11H2,1-3H3,(H,18,23)/t14-/m0/s1. The van der Waals surface area contributed by atoms with E-state index >= 15 is 0 Å². The smallest absolute Gasteiger partial charge is 0.244 e. The van der Waals surface area contributed by atoms with Crippen molar-refractivity contribution in [3.63, 3.8) is 0 Å². The van der Waals surface area contributed by atoms with Gasteiger partial charge in [0, 0.05) is 32.6 Å². The van der Waals surface area contributed by atoms with E-state index in [2.05, 4.69) is 5.32 Å². The molecule has 1 atom stereocenters. The molecule has 2 rings (SSSR count). The summed E-state index contributed by atoms with van der Waals surface area (Å²) in [5.74, 6) is 0.121. The average molecular weight is 333 g/mol. The zero-order chi connectivity index (χ0) is 17.7. The maximum Gasteiger partial charge on any atom is 0.244 e. The molecule has 24 heavy (non-hydrogen) atoms. The molecule has 1 heterocycles. The van der Waals surface area contributed by atoms with Crippen LogP contribution in [0.1, 0.15) is 12.5 Å². The summed E-state index contributed by atoms with van der Waals surface area (Å²) in [6.07, 6.45) is 0.150. The lowest BCUT2D eigenvalue weighted by molar-refractivity contribution is -0.147. The highest BCUT2D eigenvalue weighted by Gasteiger charge is 2.35. The highest BCUT2D eigenvalue weighted by Crippen LogP contribution is 2.20. The van der Waals surface area contributed by atoms with Crippen molar-refractivity contribution in [1.82, 2.24) is 15.1 Å². The van der Waals surface area contributed by atoms with Crippen LogP contribution >= 0.6 is 0 Å². The van der Waals surface area contributed by atoms with Crippen molar-refractivity contribution in [2.24, 2.45) is 0 Å². The topological polar surface area (TPSA) is 79.0 Å². The number of methoxy groups -OCH3 is 1. The normalized spacial score (nSPS) is 17.4. The summed E-state index contributed by atoms with van der Waals surface area (Å²) in [5.41, 5.74) is 0.773. The highest BCUT2D eigenvalue weighted by atomic mass is 16.5. The molecule has 1 N–H and O–H groups in total. The van der Waals surface area contributed by atoms with E-state index in [9.17, 15) is 14.4 Å². The number of carbonyl (C=O) groups is 3. The van der Waals surface area contributed by atoms with Crippen molar-refractivity contribution in [1.29, 1.82) is 0 Å². The second-order valence-corrected chi connectivity index (χ2v) is 5.67. The summed E-state index contributed by atoms with van der Waals surface area (Å²) in [4.78, 5) is 39.6. The molecular formula is C17H23N3O4. The first-order valence-electron chi connectivity index (χ1n) is 7.86. The molecule has 0 saturated carbocycles. The molecule has 1 saturated heterocycles. The Morgan fingerprint density at radius 2 is 1.96 bits per heavy atom. The van der Waals surface area contributed by atoms with E-state index < -0.39 is 6.04 Å². The van der Waals surface area contributed by atoms with Gasteiger partial charge in [0.15, 0.2) is 0 Å². The van der Waals surface area contributed by atoms with Crippen LogP contribution in [-0.2, 0) is 20.8 Å². The summed E-state index contributed by atoms with van der Waals surface area (Å²) in [5, 5.41) is 2.57. The van der Waals surface area contributed by atoms with Crippen molar-refractivity contribution < 1.29 is 19.1 Å². The van der Waals surface area contributed by atoms with Gasteiger partial charge >= 0.3 is 0 Å². The summed E-state index contributed by atoms with van der Waals surface area (Å²) in [6, 6.07) is 6.64. The third-order valence-corrected chi connectivity index (χ3v) is 4.23. The molecule has 1 aromatic rings. The number of nitrogens with zero attached hydrogens (tertiary/aromatic N) is 2. The maximum atomic E-state index is 12.7. The maximum absolute atomic E-state index is 12.7. The van der Waals surface area contributed by atoms with Gasteiger partial charge in [0.05, 0.1) is 20.1 Å². The lowest BCUT2D eigenvalue weighted by atomic mass is 10.1. The summed E-state index contributed by atoms with van der Waals surface area (Å²) < 4.78 is 5.27. The monoisotopic (exact) mass is 333 g/mol. The second kappa shape index (κ2) is 7.81. The van der Waals surface area contributed by atoms with Crippen LogP contribution in [0.4, 0.5) is 0 Å². The number of hydrogen-bond donors (Lipinski definition) is 1. The molecule has 0 bridgehead atoms. The van der Waals surface area contributed by atoms with Gasteiger partial charge in [-0.05, 0) is 6.07 Å². The molecular weight excluding hydrogens is 310 g/mol. The summed E-state index contributed by atoms with van der Waals surface area (Å²) in [7, 11) is 3.08. The van der Waals surface area contributed by atoms with Crippen LogP contribution in [0, 0.1) is 0 Å². The Labute approximate surface area is 141 Å². The van der Waals surface area contributed by atoms with Crippen LogP contribution in [0.5, 0.6) is 5.75 Å². The van der Waals surface area contributed by atoms with E-state index in [1.807, 2.05) is 18.2 Å². The molecule has 0 spiro atoms. The van der Waals surface area contributed by atoms with Crippen LogP contribution in [0.2, 0.25) is 0 Å². The Balaban J connectivity index is 2.17. The molecule has 7 nitrogen and oxygen atoms in total. The SMILES string of the molecule is CNC(=O)[C@@H]1CN(C(C)=O)CCN1C(=O)Cc1ccccc1OC. The first-order valence-corrected chi connectivity index (χ1v) is 7.86. The van der Waals surface area contributed by atoms with Crippen LogP contribution in [0.25, 0.3) is 0 Å². The first kappa shape index (κ1) is 17.8. The number of amides is 3. The highest BCUT2D eigenvalue weighted by molar-refractivity contribution is 5.89. The van der Waals surface area contributed by atoms with E-state index in [1.165, 1.54) is 14.0 Å². The number of likely N-dealkylation sites (N-methyl/N-ethyl adjacent to an activating group) is 1. The van der Waals surface area contributed by atoms with E-state index in [0.29, 0.717) is 18.8 Å². The molecule has 3 amide bonds. The fraction of sp³-hybridized carbons (Fsp3) is 0.471. The largest absolute Gasteiger partial charge is 0.496 e. The number of rotatable bonds is 4. The van der Waals surface area contributed by atoms with Gasteiger partial charge in [-0.25, -0.2) is 0 Å². The molecule has 130 valence electrons. The van der Waals surface area contributed by atoms with Gasteiger partial charge in [-0.15, -0.1) is 0 Å². The summed E-state index contributed by atoms with van der Waals surface area (Å²) >= 11 is 0. The zero-order valence-electron chi connectivity index (χ0n) is 14.2. The number of piperazine rings is 1. The van der Waals surface area contributed by atoms with Crippen molar-refractivity contribution in [2.45, 2.75) is 19.4 Å². The van der Waals surface area contributed by atoms with E-state index in [1.54, 1.807) is 23.0 Å². The van der Waals surface area contributed by atoms with Gasteiger partial charge in [0.2, 0.25) is 17.7 Å². The Kier molecular flexibility index (Phi) is 5.78. The number of para-hydroxylation sites is 1. The van der Waals surface area contributed by atoms with Gasteiger partial charge < -0.3 is 19.9 Å². The quantitative estimate of drug-likeness (QED) is 0.844.